The number of imidazole rings is 1. The lowest BCUT2D eigenvalue weighted by Crippen LogP contribution is -2.32. The Labute approximate surface area is 196 Å². The third-order valence-electron chi connectivity index (χ3n) is 6.43. The molecule has 1 aliphatic rings. The van der Waals surface area contributed by atoms with E-state index in [1.807, 2.05) is 42.5 Å². The molecule has 0 aliphatic carbocycles. The summed E-state index contributed by atoms with van der Waals surface area (Å²) in [5.74, 6) is 1.27. The molecule has 1 unspecified atom stereocenters. The lowest BCUT2D eigenvalue weighted by molar-refractivity contribution is 0.0937. The molecule has 2 N–H and O–H groups in total. The number of aliphatic hydroxyl groups is 1. The maximum absolute atomic E-state index is 12.8. The molecule has 4 aromatic rings. The first-order valence-electron chi connectivity index (χ1n) is 11.8. The minimum absolute atomic E-state index is 0.0567. The Morgan fingerprint density at radius 1 is 1.06 bits per heavy atom. The fraction of sp³-hybridized carbons (Fsp3) is 0.400. The second-order valence-electron chi connectivity index (χ2n) is 8.89. The van der Waals surface area contributed by atoms with Gasteiger partial charge in [0.25, 0.3) is 5.56 Å². The van der Waals surface area contributed by atoms with Crippen LogP contribution < -0.4 is 20.9 Å². The van der Waals surface area contributed by atoms with Gasteiger partial charge in [-0.05, 0) is 35.7 Å². The van der Waals surface area contributed by atoms with Gasteiger partial charge in [-0.15, -0.1) is 0 Å². The summed E-state index contributed by atoms with van der Waals surface area (Å²) in [6, 6.07) is 13.8. The number of benzene rings is 2. The molecule has 0 spiro atoms. The van der Waals surface area contributed by atoms with E-state index in [9.17, 15) is 14.7 Å². The minimum Gasteiger partial charge on any atom is -0.491 e. The Morgan fingerprint density at radius 3 is 2.56 bits per heavy atom. The smallest absolute Gasteiger partial charge is 0.329 e. The molecule has 5 rings (SSSR count). The second kappa shape index (κ2) is 9.34. The molecule has 34 heavy (non-hydrogen) atoms. The fourth-order valence-electron chi connectivity index (χ4n) is 4.62. The number of nitrogens with zero attached hydrogens (tertiary/aromatic N) is 4. The van der Waals surface area contributed by atoms with Crippen LogP contribution in [0.5, 0.6) is 5.75 Å². The number of aliphatic hydroxyl groups excluding tert-OH is 1. The van der Waals surface area contributed by atoms with E-state index in [2.05, 4.69) is 14.9 Å². The van der Waals surface area contributed by atoms with Crippen LogP contribution in [0, 0.1) is 0 Å². The standard InChI is InChI=1S/C25H29N5O4/c1-28-22-21(23(32)27-25(28)33)30(24(26-22)29-12-6-2-3-7-13-29)15-19(31)16-34-20-11-10-17-8-4-5-9-18(17)14-20/h4-5,8-11,14,19,31H,2-3,6-7,12-13,15-16H2,1H3,(H,27,32,33). The minimum atomic E-state index is -0.883. The van der Waals surface area contributed by atoms with Crippen LogP contribution in [0.1, 0.15) is 25.7 Å². The van der Waals surface area contributed by atoms with Crippen molar-refractivity contribution in [1.29, 1.82) is 0 Å². The molecule has 0 amide bonds. The molecule has 0 bridgehead atoms. The van der Waals surface area contributed by atoms with Crippen molar-refractivity contribution in [3.63, 3.8) is 0 Å². The van der Waals surface area contributed by atoms with Gasteiger partial charge in [-0.3, -0.25) is 14.3 Å². The molecule has 1 atom stereocenters. The van der Waals surface area contributed by atoms with Crippen LogP contribution in [-0.4, -0.2) is 50.0 Å². The van der Waals surface area contributed by atoms with Crippen molar-refractivity contribution >= 4 is 27.9 Å². The molecule has 3 heterocycles. The molecule has 0 saturated carbocycles. The Kier molecular flexibility index (Phi) is 6.10. The monoisotopic (exact) mass is 463 g/mol. The number of fused-ring (bicyclic) bond motifs is 2. The summed E-state index contributed by atoms with van der Waals surface area (Å²) in [5, 5.41) is 13.1. The van der Waals surface area contributed by atoms with E-state index in [4.69, 9.17) is 4.74 Å². The molecule has 1 fully saturated rings. The largest absolute Gasteiger partial charge is 0.491 e. The quantitative estimate of drug-likeness (QED) is 0.455. The van der Waals surface area contributed by atoms with Gasteiger partial charge in [0.15, 0.2) is 11.2 Å². The SMILES string of the molecule is Cn1c(=O)[nH]c(=O)c2c1nc(N1CCCCCC1)n2CC(O)COc1ccc2ccccc2c1. The van der Waals surface area contributed by atoms with Gasteiger partial charge in [0.1, 0.15) is 18.5 Å². The Hall–Kier alpha value is -3.59. The van der Waals surface area contributed by atoms with Gasteiger partial charge >= 0.3 is 5.69 Å². The number of H-pyrrole nitrogens is 1. The predicted octanol–water partition coefficient (Wildman–Crippen LogP) is 2.40. The summed E-state index contributed by atoms with van der Waals surface area (Å²) in [6.45, 7) is 1.82. The van der Waals surface area contributed by atoms with Crippen molar-refractivity contribution in [2.75, 3.05) is 24.6 Å². The Balaban J connectivity index is 1.43. The molecule has 9 heteroatoms. The van der Waals surface area contributed by atoms with Crippen molar-refractivity contribution < 1.29 is 9.84 Å². The van der Waals surface area contributed by atoms with Gasteiger partial charge in [-0.25, -0.2) is 4.79 Å². The van der Waals surface area contributed by atoms with E-state index in [1.54, 1.807) is 11.6 Å². The summed E-state index contributed by atoms with van der Waals surface area (Å²) >= 11 is 0. The number of rotatable bonds is 6. The van der Waals surface area contributed by atoms with Crippen molar-refractivity contribution in [1.82, 2.24) is 19.1 Å². The third kappa shape index (κ3) is 4.31. The summed E-state index contributed by atoms with van der Waals surface area (Å²) < 4.78 is 8.95. The zero-order chi connectivity index (χ0) is 23.7. The first-order valence-corrected chi connectivity index (χ1v) is 11.8. The highest BCUT2D eigenvalue weighted by Crippen LogP contribution is 2.24. The predicted molar refractivity (Wildman–Crippen MR) is 132 cm³/mol. The third-order valence-corrected chi connectivity index (χ3v) is 6.43. The Bertz CT molecular complexity index is 1430. The number of anilines is 1. The highest BCUT2D eigenvalue weighted by Gasteiger charge is 2.24. The molecule has 1 aliphatic heterocycles. The van der Waals surface area contributed by atoms with Crippen LogP contribution in [0.2, 0.25) is 0 Å². The van der Waals surface area contributed by atoms with E-state index in [0.29, 0.717) is 17.3 Å². The number of ether oxygens (including phenoxy) is 1. The van der Waals surface area contributed by atoms with Gasteiger partial charge in [0.05, 0.1) is 6.54 Å². The fourth-order valence-corrected chi connectivity index (χ4v) is 4.62. The van der Waals surface area contributed by atoms with E-state index in [0.717, 1.165) is 49.5 Å². The van der Waals surface area contributed by atoms with Crippen LogP contribution in [-0.2, 0) is 13.6 Å². The lowest BCUT2D eigenvalue weighted by Gasteiger charge is -2.23. The van der Waals surface area contributed by atoms with Crippen molar-refractivity contribution in [3.8, 4) is 5.75 Å². The molecule has 1 saturated heterocycles. The lowest BCUT2D eigenvalue weighted by atomic mass is 10.1. The van der Waals surface area contributed by atoms with Crippen molar-refractivity contribution in [3.05, 3.63) is 63.3 Å². The molecule has 0 radical (unpaired) electrons. The van der Waals surface area contributed by atoms with Gasteiger partial charge in [0.2, 0.25) is 5.95 Å². The molecule has 2 aromatic heterocycles. The summed E-state index contributed by atoms with van der Waals surface area (Å²) in [4.78, 5) is 34.1. The van der Waals surface area contributed by atoms with Crippen LogP contribution in [0.25, 0.3) is 21.9 Å². The summed E-state index contributed by atoms with van der Waals surface area (Å²) in [6.07, 6.45) is 3.49. The number of aryl methyl sites for hydroxylation is 1. The van der Waals surface area contributed by atoms with Crippen LogP contribution in [0.4, 0.5) is 5.95 Å². The van der Waals surface area contributed by atoms with Crippen molar-refractivity contribution in [2.45, 2.75) is 38.3 Å². The highest BCUT2D eigenvalue weighted by atomic mass is 16.5. The zero-order valence-corrected chi connectivity index (χ0v) is 19.2. The number of hydrogen-bond donors (Lipinski definition) is 2. The maximum Gasteiger partial charge on any atom is 0.329 e. The maximum atomic E-state index is 12.8. The normalized spacial score (nSPS) is 15.5. The van der Waals surface area contributed by atoms with Gasteiger partial charge in [0, 0.05) is 20.1 Å². The summed E-state index contributed by atoms with van der Waals surface area (Å²) in [5.41, 5.74) is -0.416. The molecule has 9 nitrogen and oxygen atoms in total. The number of aromatic amines is 1. The number of aromatic nitrogens is 4. The molecule has 178 valence electrons. The first kappa shape index (κ1) is 22.2. The topological polar surface area (TPSA) is 105 Å². The van der Waals surface area contributed by atoms with Gasteiger partial charge in [-0.2, -0.15) is 4.98 Å². The van der Waals surface area contributed by atoms with Gasteiger partial charge in [-0.1, -0.05) is 43.2 Å². The van der Waals surface area contributed by atoms with E-state index >= 15 is 0 Å². The van der Waals surface area contributed by atoms with Crippen molar-refractivity contribution in [2.24, 2.45) is 7.05 Å². The van der Waals surface area contributed by atoms with E-state index in [-0.39, 0.29) is 18.7 Å². The average Bonchev–Trinajstić information content (AvgIpc) is 3.01. The second-order valence-corrected chi connectivity index (χ2v) is 8.89. The average molecular weight is 464 g/mol. The van der Waals surface area contributed by atoms with E-state index in [1.165, 1.54) is 4.57 Å². The molecule has 2 aromatic carbocycles. The number of nitrogens with one attached hydrogen (secondary N) is 1. The van der Waals surface area contributed by atoms with Gasteiger partial charge < -0.3 is 19.3 Å². The molecular weight excluding hydrogens is 434 g/mol. The zero-order valence-electron chi connectivity index (χ0n) is 19.2. The van der Waals surface area contributed by atoms with Crippen LogP contribution >= 0.6 is 0 Å². The highest BCUT2D eigenvalue weighted by molar-refractivity contribution is 5.83. The first-order chi connectivity index (χ1) is 16.5. The van der Waals surface area contributed by atoms with Crippen LogP contribution in [0.3, 0.4) is 0 Å². The Morgan fingerprint density at radius 2 is 1.79 bits per heavy atom. The van der Waals surface area contributed by atoms with E-state index < -0.39 is 17.4 Å². The number of hydrogen-bond acceptors (Lipinski definition) is 6. The summed E-state index contributed by atoms with van der Waals surface area (Å²) in [7, 11) is 1.59. The van der Waals surface area contributed by atoms with Crippen LogP contribution in [0.15, 0.2) is 52.1 Å². The molecular formula is C25H29N5O4.